The summed E-state index contributed by atoms with van der Waals surface area (Å²) in [6.45, 7) is 1.15. The van der Waals surface area contributed by atoms with Gasteiger partial charge in [0.25, 0.3) is 0 Å². The highest BCUT2D eigenvalue weighted by atomic mass is 32.2. The van der Waals surface area contributed by atoms with Crippen LogP contribution in [0, 0.1) is 0 Å². The van der Waals surface area contributed by atoms with Crippen molar-refractivity contribution in [2.75, 3.05) is 12.3 Å². The number of allylic oxidation sites excluding steroid dienone is 1. The van der Waals surface area contributed by atoms with E-state index in [0.29, 0.717) is 24.0 Å². The van der Waals surface area contributed by atoms with Crippen LogP contribution in [0.5, 0.6) is 0 Å². The van der Waals surface area contributed by atoms with E-state index < -0.39 is 0 Å². The van der Waals surface area contributed by atoms with Gasteiger partial charge in [-0.1, -0.05) is 23.4 Å². The van der Waals surface area contributed by atoms with Gasteiger partial charge in [-0.05, 0) is 54.7 Å². The van der Waals surface area contributed by atoms with E-state index in [0.717, 1.165) is 12.2 Å². The summed E-state index contributed by atoms with van der Waals surface area (Å²) in [6, 6.07) is 3.69. The van der Waals surface area contributed by atoms with Gasteiger partial charge in [0.2, 0.25) is 11.1 Å². The van der Waals surface area contributed by atoms with Crippen molar-refractivity contribution in [2.24, 2.45) is 0 Å². The largest absolute Gasteiger partial charge is 0.467 e. The summed E-state index contributed by atoms with van der Waals surface area (Å²) in [4.78, 5) is 12.0. The number of thioether (sulfide) groups is 1. The number of nitrogens with zero attached hydrogens (tertiary/aromatic N) is 4. The van der Waals surface area contributed by atoms with Gasteiger partial charge in [-0.2, -0.15) is 0 Å². The number of tetrazole rings is 1. The van der Waals surface area contributed by atoms with Crippen molar-refractivity contribution in [3.63, 3.8) is 0 Å². The summed E-state index contributed by atoms with van der Waals surface area (Å²) >= 11 is 1.33. The highest BCUT2D eigenvalue weighted by molar-refractivity contribution is 7.99. The van der Waals surface area contributed by atoms with E-state index in [1.165, 1.54) is 43.0 Å². The van der Waals surface area contributed by atoms with E-state index in [4.69, 9.17) is 4.42 Å². The molecule has 2 heterocycles. The molecule has 128 valence electrons. The fraction of sp³-hybridized carbons (Fsp3) is 0.500. The van der Waals surface area contributed by atoms with Gasteiger partial charge in [-0.25, -0.2) is 4.68 Å². The fourth-order valence-corrected chi connectivity index (χ4v) is 3.33. The van der Waals surface area contributed by atoms with E-state index in [2.05, 4.69) is 26.9 Å². The molecule has 7 nitrogen and oxygen atoms in total. The lowest BCUT2D eigenvalue weighted by molar-refractivity contribution is -0.118. The fourth-order valence-electron chi connectivity index (χ4n) is 2.62. The van der Waals surface area contributed by atoms with Crippen LogP contribution in [-0.2, 0) is 11.3 Å². The lowest BCUT2D eigenvalue weighted by Crippen LogP contribution is -2.26. The molecule has 0 radical (unpaired) electrons. The van der Waals surface area contributed by atoms with Crippen LogP contribution in [-0.4, -0.2) is 38.4 Å². The van der Waals surface area contributed by atoms with Crippen molar-refractivity contribution >= 4 is 17.7 Å². The van der Waals surface area contributed by atoms with Gasteiger partial charge in [0, 0.05) is 6.54 Å². The molecule has 0 unspecified atom stereocenters. The molecule has 0 fully saturated rings. The van der Waals surface area contributed by atoms with Crippen LogP contribution in [0.3, 0.4) is 0 Å². The van der Waals surface area contributed by atoms with E-state index >= 15 is 0 Å². The number of carbonyl (C=O) groups excluding carboxylic acids is 1. The molecule has 1 amide bonds. The molecule has 1 N–H and O–H groups in total. The standard InChI is InChI=1S/C16H21N5O2S/c22-15(17-9-8-13-5-2-1-3-6-13)12-24-16-18-19-20-21(16)11-14-7-4-10-23-14/h4-5,7,10H,1-3,6,8-9,11-12H2,(H,17,22). The van der Waals surface area contributed by atoms with Gasteiger partial charge in [-0.3, -0.25) is 4.79 Å². The van der Waals surface area contributed by atoms with Gasteiger partial charge >= 0.3 is 0 Å². The number of amides is 1. The number of rotatable bonds is 8. The zero-order valence-corrected chi connectivity index (χ0v) is 14.3. The first kappa shape index (κ1) is 16.8. The van der Waals surface area contributed by atoms with Crippen LogP contribution < -0.4 is 5.32 Å². The minimum atomic E-state index is 0.00366. The Morgan fingerprint density at radius 3 is 3.17 bits per heavy atom. The molecule has 0 saturated heterocycles. The molecule has 3 rings (SSSR count). The Balaban J connectivity index is 1.40. The lowest BCUT2D eigenvalue weighted by atomic mass is 9.97. The van der Waals surface area contributed by atoms with Crippen LogP contribution in [0.1, 0.15) is 37.9 Å². The molecule has 8 heteroatoms. The SMILES string of the molecule is O=C(CSc1nnnn1Cc1ccco1)NCCC1=CCCCC1. The average Bonchev–Trinajstić information content (AvgIpc) is 3.26. The minimum absolute atomic E-state index is 0.00366. The number of nitrogens with one attached hydrogen (secondary N) is 1. The Morgan fingerprint density at radius 2 is 2.38 bits per heavy atom. The predicted octanol–water partition coefficient (Wildman–Crippen LogP) is 2.41. The van der Waals surface area contributed by atoms with Crippen LogP contribution >= 0.6 is 11.8 Å². The molecule has 0 atom stereocenters. The quantitative estimate of drug-likeness (QED) is 0.583. The normalized spacial score (nSPS) is 14.4. The minimum Gasteiger partial charge on any atom is -0.467 e. The molecule has 0 spiro atoms. The summed E-state index contributed by atoms with van der Waals surface area (Å²) in [7, 11) is 0. The molecule has 0 bridgehead atoms. The predicted molar refractivity (Wildman–Crippen MR) is 90.5 cm³/mol. The number of carbonyl (C=O) groups is 1. The molecule has 1 aliphatic rings. The van der Waals surface area contributed by atoms with Gasteiger partial charge in [0.15, 0.2) is 0 Å². The first-order chi connectivity index (χ1) is 11.8. The number of hydrogen-bond donors (Lipinski definition) is 1. The molecule has 1 aliphatic carbocycles. The maximum Gasteiger partial charge on any atom is 0.230 e. The van der Waals surface area contributed by atoms with Crippen molar-refractivity contribution in [1.29, 1.82) is 0 Å². The maximum atomic E-state index is 12.0. The second-order valence-corrected chi connectivity index (χ2v) is 6.64. The van der Waals surface area contributed by atoms with Crippen molar-refractivity contribution < 1.29 is 9.21 Å². The Hall–Kier alpha value is -2.09. The third-order valence-corrected chi connectivity index (χ3v) is 4.83. The van der Waals surface area contributed by atoms with Crippen LogP contribution in [0.15, 0.2) is 39.6 Å². The smallest absolute Gasteiger partial charge is 0.230 e. The molecular formula is C16H21N5O2S. The van der Waals surface area contributed by atoms with Gasteiger partial charge in [0.05, 0.1) is 12.0 Å². The molecule has 0 aliphatic heterocycles. The lowest BCUT2D eigenvalue weighted by Gasteiger charge is -2.12. The van der Waals surface area contributed by atoms with E-state index in [9.17, 15) is 4.79 Å². The molecule has 0 saturated carbocycles. The molecular weight excluding hydrogens is 326 g/mol. The number of furan rings is 1. The molecule has 2 aromatic rings. The van der Waals surface area contributed by atoms with Crippen molar-refractivity contribution in [3.05, 3.63) is 35.8 Å². The summed E-state index contributed by atoms with van der Waals surface area (Å²) < 4.78 is 6.92. The maximum absolute atomic E-state index is 12.0. The van der Waals surface area contributed by atoms with Crippen molar-refractivity contribution in [3.8, 4) is 0 Å². The van der Waals surface area contributed by atoms with Crippen LogP contribution in [0.25, 0.3) is 0 Å². The van der Waals surface area contributed by atoms with Gasteiger partial charge in [0.1, 0.15) is 12.3 Å². The Labute approximate surface area is 144 Å². The zero-order chi connectivity index (χ0) is 16.6. The van der Waals surface area contributed by atoms with Gasteiger partial charge < -0.3 is 9.73 Å². The number of aromatic nitrogens is 4. The van der Waals surface area contributed by atoms with Crippen molar-refractivity contribution in [1.82, 2.24) is 25.5 Å². The van der Waals surface area contributed by atoms with E-state index in [1.54, 1.807) is 10.9 Å². The summed E-state index contributed by atoms with van der Waals surface area (Å²) in [6.07, 6.45) is 9.79. The Bertz CT molecular complexity index is 680. The summed E-state index contributed by atoms with van der Waals surface area (Å²) in [5.74, 6) is 1.08. The topological polar surface area (TPSA) is 85.8 Å². The monoisotopic (exact) mass is 347 g/mol. The van der Waals surface area contributed by atoms with Crippen LogP contribution in [0.4, 0.5) is 0 Å². The van der Waals surface area contributed by atoms with E-state index in [1.807, 2.05) is 12.1 Å². The van der Waals surface area contributed by atoms with Crippen LogP contribution in [0.2, 0.25) is 0 Å². The first-order valence-electron chi connectivity index (χ1n) is 8.17. The second kappa shape index (κ2) is 8.68. The Morgan fingerprint density at radius 1 is 1.42 bits per heavy atom. The second-order valence-electron chi connectivity index (χ2n) is 5.70. The summed E-state index contributed by atoms with van der Waals surface area (Å²) in [5.41, 5.74) is 1.47. The highest BCUT2D eigenvalue weighted by Crippen LogP contribution is 2.19. The summed E-state index contributed by atoms with van der Waals surface area (Å²) in [5, 5.41) is 15.1. The Kier molecular flexibility index (Phi) is 6.06. The molecule has 24 heavy (non-hydrogen) atoms. The first-order valence-corrected chi connectivity index (χ1v) is 9.16. The number of hydrogen-bond acceptors (Lipinski definition) is 6. The highest BCUT2D eigenvalue weighted by Gasteiger charge is 2.11. The average molecular weight is 347 g/mol. The third-order valence-electron chi connectivity index (χ3n) is 3.87. The molecule has 0 aromatic carbocycles. The zero-order valence-electron chi connectivity index (χ0n) is 13.5. The van der Waals surface area contributed by atoms with Crippen molar-refractivity contribution in [2.45, 2.75) is 43.8 Å². The third kappa shape index (κ3) is 4.95. The van der Waals surface area contributed by atoms with E-state index in [-0.39, 0.29) is 5.91 Å². The van der Waals surface area contributed by atoms with Gasteiger partial charge in [-0.15, -0.1) is 5.10 Å². The molecule has 2 aromatic heterocycles.